The average Bonchev–Trinajstić information content (AvgIpc) is 3.38. The smallest absolute Gasteiger partial charge is 0.130 e. The van der Waals surface area contributed by atoms with Crippen molar-refractivity contribution in [3.05, 3.63) is 84.2 Å². The molecule has 0 amide bonds. The molecule has 0 radical (unpaired) electrons. The number of hydrogen-bond donors (Lipinski definition) is 1. The fraction of sp³-hybridized carbons (Fsp3) is 0.192. The maximum absolute atomic E-state index is 14.0. The molecule has 3 aromatic heterocycles. The number of aromatic nitrogens is 5. The normalized spacial score (nSPS) is 11.3. The van der Waals surface area contributed by atoms with Crippen molar-refractivity contribution in [2.45, 2.75) is 20.4 Å². The Hall–Kier alpha value is -4.00. The highest BCUT2D eigenvalue weighted by atomic mass is 19.1. The van der Waals surface area contributed by atoms with Crippen molar-refractivity contribution in [1.29, 1.82) is 0 Å². The molecule has 1 N–H and O–H groups in total. The molecule has 0 fully saturated rings. The average molecular weight is 441 g/mol. The van der Waals surface area contributed by atoms with E-state index in [1.165, 1.54) is 0 Å². The van der Waals surface area contributed by atoms with Crippen LogP contribution < -0.4 is 5.32 Å². The highest BCUT2D eigenvalue weighted by Gasteiger charge is 2.10. The summed E-state index contributed by atoms with van der Waals surface area (Å²) in [6, 6.07) is 17.4. The van der Waals surface area contributed by atoms with Crippen LogP contribution in [0.4, 0.5) is 10.2 Å². The number of halogens is 1. The van der Waals surface area contributed by atoms with Gasteiger partial charge in [0.1, 0.15) is 18.0 Å². The van der Waals surface area contributed by atoms with Gasteiger partial charge in [-0.15, -0.1) is 0 Å². The summed E-state index contributed by atoms with van der Waals surface area (Å²) in [6.45, 7) is 5.36. The van der Waals surface area contributed by atoms with E-state index >= 15 is 0 Å². The second-order valence-corrected chi connectivity index (χ2v) is 8.26. The number of fused-ring (bicyclic) bond motifs is 1. The maximum Gasteiger partial charge on any atom is 0.130 e. The largest absolute Gasteiger partial charge is 0.368 e. The molecule has 5 aromatic rings. The second-order valence-electron chi connectivity index (χ2n) is 8.26. The minimum absolute atomic E-state index is 0.207. The van der Waals surface area contributed by atoms with E-state index in [9.17, 15) is 4.39 Å². The van der Waals surface area contributed by atoms with E-state index in [2.05, 4.69) is 37.9 Å². The van der Waals surface area contributed by atoms with Crippen molar-refractivity contribution in [1.82, 2.24) is 24.3 Å². The van der Waals surface area contributed by atoms with Gasteiger partial charge in [-0.2, -0.15) is 5.10 Å². The molecule has 0 spiro atoms. The van der Waals surface area contributed by atoms with Gasteiger partial charge in [0.05, 0.1) is 16.9 Å². The standard InChI is InChI=1S/C26H25FN6/c1-17-12-21(27)14-25-22(17)13-18(2)33(25)11-9-28-26-15-24(29-16-30-26)20-6-4-19(5-7-20)23-8-10-32(3)31-23/h4-8,10,12-16H,9,11H2,1-3H3,(H,28,29,30). The molecule has 0 bridgehead atoms. The van der Waals surface area contributed by atoms with Crippen molar-refractivity contribution in [2.24, 2.45) is 7.05 Å². The highest BCUT2D eigenvalue weighted by Crippen LogP contribution is 2.25. The third-order valence-electron chi connectivity index (χ3n) is 5.90. The molecule has 166 valence electrons. The molecule has 6 nitrogen and oxygen atoms in total. The molecule has 0 unspecified atom stereocenters. The van der Waals surface area contributed by atoms with Crippen LogP contribution in [0.5, 0.6) is 0 Å². The van der Waals surface area contributed by atoms with Gasteiger partial charge >= 0.3 is 0 Å². The Morgan fingerprint density at radius 1 is 0.909 bits per heavy atom. The first-order valence-corrected chi connectivity index (χ1v) is 10.9. The van der Waals surface area contributed by atoms with Gasteiger partial charge in [-0.25, -0.2) is 14.4 Å². The van der Waals surface area contributed by atoms with Crippen LogP contribution in [0, 0.1) is 19.7 Å². The molecule has 5 rings (SSSR count). The Bertz CT molecular complexity index is 1430. The summed E-state index contributed by atoms with van der Waals surface area (Å²) >= 11 is 0. The SMILES string of the molecule is Cc1cc(F)cc2c1cc(C)n2CCNc1cc(-c2ccc(-c3ccn(C)n3)cc2)ncn1. The number of nitrogens with zero attached hydrogens (tertiary/aromatic N) is 5. The lowest BCUT2D eigenvalue weighted by Gasteiger charge is -2.11. The predicted molar refractivity (Wildman–Crippen MR) is 130 cm³/mol. The highest BCUT2D eigenvalue weighted by molar-refractivity contribution is 5.84. The zero-order chi connectivity index (χ0) is 22.9. The summed E-state index contributed by atoms with van der Waals surface area (Å²) in [7, 11) is 1.91. The minimum atomic E-state index is -0.207. The van der Waals surface area contributed by atoms with Crippen LogP contribution in [0.15, 0.2) is 67.1 Å². The van der Waals surface area contributed by atoms with Gasteiger partial charge in [-0.1, -0.05) is 24.3 Å². The Morgan fingerprint density at radius 3 is 2.39 bits per heavy atom. The quantitative estimate of drug-likeness (QED) is 0.386. The van der Waals surface area contributed by atoms with E-state index < -0.39 is 0 Å². The summed E-state index contributed by atoms with van der Waals surface area (Å²) < 4.78 is 17.9. The van der Waals surface area contributed by atoms with Crippen LogP contribution >= 0.6 is 0 Å². The Balaban J connectivity index is 1.30. The lowest BCUT2D eigenvalue weighted by Crippen LogP contribution is -2.12. The lowest BCUT2D eigenvalue weighted by atomic mass is 10.1. The second kappa shape index (κ2) is 8.50. The molecule has 0 atom stereocenters. The predicted octanol–water partition coefficient (Wildman–Crippen LogP) is 5.37. The van der Waals surface area contributed by atoms with E-state index in [4.69, 9.17) is 0 Å². The van der Waals surface area contributed by atoms with Gasteiger partial charge in [0.15, 0.2) is 0 Å². The fourth-order valence-electron chi connectivity index (χ4n) is 4.21. The van der Waals surface area contributed by atoms with Gasteiger partial charge < -0.3 is 9.88 Å². The van der Waals surface area contributed by atoms with Crippen LogP contribution in [-0.2, 0) is 13.6 Å². The molecule has 0 saturated carbocycles. The third-order valence-corrected chi connectivity index (χ3v) is 5.90. The first-order valence-electron chi connectivity index (χ1n) is 10.9. The monoisotopic (exact) mass is 440 g/mol. The van der Waals surface area contributed by atoms with Crippen molar-refractivity contribution >= 4 is 16.7 Å². The van der Waals surface area contributed by atoms with Gasteiger partial charge in [-0.3, -0.25) is 4.68 Å². The Kier molecular flexibility index (Phi) is 5.38. The molecule has 33 heavy (non-hydrogen) atoms. The Labute approximate surface area is 191 Å². The molecule has 0 saturated heterocycles. The zero-order valence-electron chi connectivity index (χ0n) is 18.9. The molecule has 7 heteroatoms. The van der Waals surface area contributed by atoms with Crippen molar-refractivity contribution in [3.8, 4) is 22.5 Å². The first-order chi connectivity index (χ1) is 16.0. The molecule has 2 aromatic carbocycles. The first kappa shape index (κ1) is 20.9. The van der Waals surface area contributed by atoms with Gasteiger partial charge in [-0.05, 0) is 43.7 Å². The van der Waals surface area contributed by atoms with Gasteiger partial charge in [0.25, 0.3) is 0 Å². The minimum Gasteiger partial charge on any atom is -0.368 e. The number of rotatable bonds is 6. The van der Waals surface area contributed by atoms with Crippen LogP contribution in [0.25, 0.3) is 33.4 Å². The van der Waals surface area contributed by atoms with Crippen molar-refractivity contribution in [2.75, 3.05) is 11.9 Å². The lowest BCUT2D eigenvalue weighted by molar-refractivity contribution is 0.626. The van der Waals surface area contributed by atoms with Crippen molar-refractivity contribution in [3.63, 3.8) is 0 Å². The van der Waals surface area contributed by atoms with Gasteiger partial charge in [0, 0.05) is 54.6 Å². The zero-order valence-corrected chi connectivity index (χ0v) is 18.9. The molecule has 0 aliphatic rings. The number of hydrogen-bond acceptors (Lipinski definition) is 4. The molecule has 0 aliphatic carbocycles. The number of aryl methyl sites for hydroxylation is 3. The van der Waals surface area contributed by atoms with Crippen LogP contribution in [-0.4, -0.2) is 30.9 Å². The summed E-state index contributed by atoms with van der Waals surface area (Å²) in [4.78, 5) is 8.79. The Morgan fingerprint density at radius 2 is 1.67 bits per heavy atom. The fourth-order valence-corrected chi connectivity index (χ4v) is 4.21. The van der Waals surface area contributed by atoms with Crippen molar-refractivity contribution < 1.29 is 4.39 Å². The number of benzene rings is 2. The summed E-state index contributed by atoms with van der Waals surface area (Å²) in [6.07, 6.45) is 3.50. The van der Waals surface area contributed by atoms with E-state index in [0.29, 0.717) is 13.1 Å². The maximum atomic E-state index is 14.0. The van der Waals surface area contributed by atoms with Gasteiger partial charge in [0.2, 0.25) is 0 Å². The van der Waals surface area contributed by atoms with Crippen LogP contribution in [0.2, 0.25) is 0 Å². The van der Waals surface area contributed by atoms with Crippen LogP contribution in [0.3, 0.4) is 0 Å². The molecule has 3 heterocycles. The molecule has 0 aliphatic heterocycles. The number of anilines is 1. The summed E-state index contributed by atoms with van der Waals surface area (Å²) in [5.74, 6) is 0.548. The topological polar surface area (TPSA) is 60.6 Å². The van der Waals surface area contributed by atoms with E-state index in [-0.39, 0.29) is 5.82 Å². The molecular weight excluding hydrogens is 415 g/mol. The van der Waals surface area contributed by atoms with E-state index in [0.717, 1.165) is 50.5 Å². The van der Waals surface area contributed by atoms with E-state index in [1.54, 1.807) is 23.1 Å². The summed E-state index contributed by atoms with van der Waals surface area (Å²) in [5.41, 5.74) is 6.85. The summed E-state index contributed by atoms with van der Waals surface area (Å²) in [5, 5.41) is 8.91. The molecular formula is C26H25FN6. The third kappa shape index (κ3) is 4.22. The van der Waals surface area contributed by atoms with E-state index in [1.807, 2.05) is 56.6 Å². The van der Waals surface area contributed by atoms with Crippen LogP contribution in [0.1, 0.15) is 11.3 Å². The number of nitrogens with one attached hydrogen (secondary N) is 1.